The Bertz CT molecular complexity index is 1470. The Labute approximate surface area is 216 Å². The lowest BCUT2D eigenvalue weighted by molar-refractivity contribution is -0.285. The molecule has 1 aliphatic heterocycles. The first-order chi connectivity index (χ1) is 17.7. The van der Waals surface area contributed by atoms with E-state index in [1.165, 1.54) is 25.1 Å². The lowest BCUT2D eigenvalue weighted by atomic mass is 9.82. The zero-order valence-corrected chi connectivity index (χ0v) is 20.6. The third kappa shape index (κ3) is 4.10. The molecule has 9 nitrogen and oxygen atoms in total. The van der Waals surface area contributed by atoms with Crippen LogP contribution in [0.3, 0.4) is 0 Å². The molecule has 1 atom stereocenters. The molecule has 3 heterocycles. The summed E-state index contributed by atoms with van der Waals surface area (Å²) in [6.45, 7) is 0.619. The van der Waals surface area contributed by atoms with Gasteiger partial charge in [0.2, 0.25) is 11.8 Å². The number of hydrogen-bond acceptors (Lipinski definition) is 6. The molecule has 5 rings (SSSR count). The van der Waals surface area contributed by atoms with Gasteiger partial charge in [-0.05, 0) is 44.4 Å². The maximum atomic E-state index is 13.6. The molecule has 3 aromatic rings. The van der Waals surface area contributed by atoms with Crippen LogP contribution in [0.5, 0.6) is 0 Å². The number of carbonyl (C=O) groups is 2. The predicted octanol–water partition coefficient (Wildman–Crippen LogP) is 4.20. The standard InChI is InChI=1S/C23H21ClF5N7O2/c1-21(19(37)31-11-3-2-4-11)14-16(30)32-18(33-17(14)34-20(21)38)15-12-6-5-10(24)9-13(12)36(35-15)8-7-22(25,26)23(27,28)29/h5-6,9,11H,2-4,7-8H2,1H3,(H,31,37)(H3,30,32,33,34,38). The minimum atomic E-state index is -5.72. The molecule has 2 aromatic heterocycles. The van der Waals surface area contributed by atoms with Gasteiger partial charge in [-0.25, -0.2) is 9.97 Å². The van der Waals surface area contributed by atoms with Gasteiger partial charge in [0.25, 0.3) is 0 Å². The molecular weight excluding hydrogens is 537 g/mol. The zero-order valence-electron chi connectivity index (χ0n) is 19.8. The highest BCUT2D eigenvalue weighted by Crippen LogP contribution is 2.42. The van der Waals surface area contributed by atoms with Gasteiger partial charge in [0, 0.05) is 29.4 Å². The molecule has 1 aliphatic carbocycles. The normalized spacial score (nSPS) is 19.8. The van der Waals surface area contributed by atoms with Crippen molar-refractivity contribution in [2.45, 2.75) is 62.7 Å². The summed E-state index contributed by atoms with van der Waals surface area (Å²) in [4.78, 5) is 34.5. The molecule has 0 bridgehead atoms. The van der Waals surface area contributed by atoms with E-state index in [4.69, 9.17) is 17.3 Å². The topological polar surface area (TPSA) is 128 Å². The minimum absolute atomic E-state index is 0.0169. The molecule has 1 unspecified atom stereocenters. The van der Waals surface area contributed by atoms with Crippen molar-refractivity contribution in [1.82, 2.24) is 25.1 Å². The number of amides is 2. The molecule has 38 heavy (non-hydrogen) atoms. The predicted molar refractivity (Wildman–Crippen MR) is 128 cm³/mol. The molecule has 4 N–H and O–H groups in total. The molecule has 2 amide bonds. The monoisotopic (exact) mass is 557 g/mol. The molecule has 0 radical (unpaired) electrons. The fraction of sp³-hybridized carbons (Fsp3) is 0.435. The van der Waals surface area contributed by atoms with E-state index in [0.717, 1.165) is 23.9 Å². The van der Waals surface area contributed by atoms with E-state index in [1.807, 2.05) is 0 Å². The van der Waals surface area contributed by atoms with Crippen molar-refractivity contribution in [3.63, 3.8) is 0 Å². The fourth-order valence-electron chi connectivity index (χ4n) is 4.48. The van der Waals surface area contributed by atoms with Crippen molar-refractivity contribution >= 4 is 46.0 Å². The molecule has 15 heteroatoms. The Kier molecular flexibility index (Phi) is 6.00. The van der Waals surface area contributed by atoms with Crippen LogP contribution < -0.4 is 16.4 Å². The van der Waals surface area contributed by atoms with E-state index in [2.05, 4.69) is 25.7 Å². The summed E-state index contributed by atoms with van der Waals surface area (Å²) in [7, 11) is 0. The maximum absolute atomic E-state index is 13.6. The summed E-state index contributed by atoms with van der Waals surface area (Å²) < 4.78 is 66.3. The van der Waals surface area contributed by atoms with Crippen LogP contribution in [0.25, 0.3) is 22.4 Å². The average molecular weight is 558 g/mol. The van der Waals surface area contributed by atoms with E-state index >= 15 is 0 Å². The van der Waals surface area contributed by atoms with Crippen molar-refractivity contribution in [2.75, 3.05) is 11.1 Å². The van der Waals surface area contributed by atoms with Crippen LogP contribution in [0.1, 0.15) is 38.2 Å². The number of anilines is 2. The first-order valence-corrected chi connectivity index (χ1v) is 12.0. The van der Waals surface area contributed by atoms with E-state index < -0.39 is 42.3 Å². The number of rotatable bonds is 6. The number of nitrogens with one attached hydrogen (secondary N) is 2. The van der Waals surface area contributed by atoms with Gasteiger partial charge in [-0.1, -0.05) is 11.6 Å². The highest BCUT2D eigenvalue weighted by atomic mass is 35.5. The number of nitrogens with two attached hydrogens (primary N) is 1. The first-order valence-electron chi connectivity index (χ1n) is 11.6. The number of hydrogen-bond donors (Lipinski definition) is 3. The SMILES string of the molecule is CC1(C(=O)NC2CCC2)C(=O)Nc2nc(-c3nn(CCC(F)(F)C(F)(F)F)c4cc(Cl)ccc34)nc(N)c21. The van der Waals surface area contributed by atoms with Gasteiger partial charge >= 0.3 is 12.1 Å². The van der Waals surface area contributed by atoms with E-state index in [-0.39, 0.29) is 45.3 Å². The number of alkyl halides is 5. The third-order valence-corrected chi connectivity index (χ3v) is 7.23. The number of aromatic nitrogens is 4. The zero-order chi connectivity index (χ0) is 27.6. The quantitative estimate of drug-likeness (QED) is 0.308. The van der Waals surface area contributed by atoms with Crippen LogP contribution in [0.2, 0.25) is 5.02 Å². The Balaban J connectivity index is 1.54. The number of carbonyl (C=O) groups excluding carboxylic acids is 2. The lowest BCUT2D eigenvalue weighted by Crippen LogP contribution is -2.52. The van der Waals surface area contributed by atoms with Gasteiger partial charge in [0.05, 0.1) is 11.1 Å². The highest BCUT2D eigenvalue weighted by Gasteiger charge is 2.57. The van der Waals surface area contributed by atoms with Gasteiger partial charge < -0.3 is 16.4 Å². The lowest BCUT2D eigenvalue weighted by Gasteiger charge is -2.30. The van der Waals surface area contributed by atoms with Gasteiger partial charge in [0.1, 0.15) is 17.3 Å². The number of fused-ring (bicyclic) bond motifs is 2. The molecule has 1 saturated carbocycles. The summed E-state index contributed by atoms with van der Waals surface area (Å²) >= 11 is 6.03. The Morgan fingerprint density at radius 3 is 2.61 bits per heavy atom. The Morgan fingerprint density at radius 2 is 1.97 bits per heavy atom. The second-order valence-electron chi connectivity index (χ2n) is 9.52. The molecule has 1 fully saturated rings. The van der Waals surface area contributed by atoms with Crippen LogP contribution in [0.4, 0.5) is 33.6 Å². The van der Waals surface area contributed by atoms with E-state index in [0.29, 0.717) is 5.39 Å². The van der Waals surface area contributed by atoms with Crippen molar-refractivity contribution in [3.8, 4) is 11.5 Å². The summed E-state index contributed by atoms with van der Waals surface area (Å²) in [5.74, 6) is -6.47. The second-order valence-corrected chi connectivity index (χ2v) is 9.96. The molecule has 0 spiro atoms. The first kappa shape index (κ1) is 26.1. The number of aryl methyl sites for hydroxylation is 1. The number of nitrogen functional groups attached to an aromatic ring is 1. The van der Waals surface area contributed by atoms with Crippen molar-refractivity contribution in [2.24, 2.45) is 0 Å². The molecule has 0 saturated heterocycles. The summed E-state index contributed by atoms with van der Waals surface area (Å²) in [5, 5.41) is 10.1. The average Bonchev–Trinajstić information content (AvgIpc) is 3.28. The van der Waals surface area contributed by atoms with E-state index in [9.17, 15) is 31.5 Å². The van der Waals surface area contributed by atoms with Gasteiger partial charge in [-0.2, -0.15) is 27.1 Å². The van der Waals surface area contributed by atoms with Crippen LogP contribution in [0.15, 0.2) is 18.2 Å². The van der Waals surface area contributed by atoms with Crippen LogP contribution >= 0.6 is 11.6 Å². The molecular formula is C23H21ClF5N7O2. The number of benzene rings is 1. The maximum Gasteiger partial charge on any atom is 0.453 e. The van der Waals surface area contributed by atoms with E-state index in [1.54, 1.807) is 0 Å². The smallest absolute Gasteiger partial charge is 0.383 e. The van der Waals surface area contributed by atoms with Gasteiger partial charge in [0.15, 0.2) is 11.2 Å². The van der Waals surface area contributed by atoms with Crippen molar-refractivity contribution < 1.29 is 31.5 Å². The summed E-state index contributed by atoms with van der Waals surface area (Å²) in [6, 6.07) is 4.29. The largest absolute Gasteiger partial charge is 0.453 e. The number of halogens is 6. The molecule has 1 aromatic carbocycles. The van der Waals surface area contributed by atoms with Crippen LogP contribution in [0, 0.1) is 0 Å². The van der Waals surface area contributed by atoms with Crippen molar-refractivity contribution in [3.05, 3.63) is 28.8 Å². The second kappa shape index (κ2) is 8.75. The number of nitrogens with zero attached hydrogens (tertiary/aromatic N) is 4. The van der Waals surface area contributed by atoms with Crippen molar-refractivity contribution in [1.29, 1.82) is 0 Å². The van der Waals surface area contributed by atoms with Crippen LogP contribution in [-0.4, -0.2) is 49.7 Å². The van der Waals surface area contributed by atoms with Gasteiger partial charge in [-0.15, -0.1) is 0 Å². The third-order valence-electron chi connectivity index (χ3n) is 7.00. The summed E-state index contributed by atoms with van der Waals surface area (Å²) in [6.07, 6.45) is -4.70. The summed E-state index contributed by atoms with van der Waals surface area (Å²) in [5.41, 5.74) is 4.78. The fourth-order valence-corrected chi connectivity index (χ4v) is 4.65. The van der Waals surface area contributed by atoms with Crippen LogP contribution in [-0.2, 0) is 21.5 Å². The van der Waals surface area contributed by atoms with Gasteiger partial charge in [-0.3, -0.25) is 14.3 Å². The highest BCUT2D eigenvalue weighted by molar-refractivity contribution is 6.31. The Morgan fingerprint density at radius 1 is 1.26 bits per heavy atom. The minimum Gasteiger partial charge on any atom is -0.383 e. The molecule has 202 valence electrons. The molecule has 2 aliphatic rings. The Hall–Kier alpha value is -3.55.